The van der Waals surface area contributed by atoms with Crippen LogP contribution in [0.4, 0.5) is 4.79 Å². The molecule has 3 amide bonds. The molecule has 148 valence electrons. The Balaban J connectivity index is 2.10. The Morgan fingerprint density at radius 1 is 1.07 bits per heavy atom. The van der Waals surface area contributed by atoms with Crippen molar-refractivity contribution >= 4 is 29.5 Å². The van der Waals surface area contributed by atoms with Crippen molar-refractivity contribution in [1.29, 1.82) is 0 Å². The largest absolute Gasteiger partial charge is 0.481 e. The number of esters is 1. The lowest BCUT2D eigenvalue weighted by Crippen LogP contribution is -2.41. The zero-order valence-corrected chi connectivity index (χ0v) is 16.5. The lowest BCUT2D eigenvalue weighted by molar-refractivity contribution is -0.158. The van der Waals surface area contributed by atoms with Crippen molar-refractivity contribution in [2.45, 2.75) is 20.0 Å². The molecular weight excluding hydrogens is 384 g/mol. The Morgan fingerprint density at radius 3 is 2.25 bits per heavy atom. The van der Waals surface area contributed by atoms with Gasteiger partial charge in [-0.05, 0) is 37.1 Å². The molecule has 2 N–H and O–H groups in total. The zero-order valence-electron chi connectivity index (χ0n) is 15.7. The first-order valence-electron chi connectivity index (χ1n) is 8.48. The monoisotopic (exact) mass is 404 g/mol. The number of nitrogens with one attached hydrogen (secondary N) is 2. The summed E-state index contributed by atoms with van der Waals surface area (Å²) >= 11 is 5.99. The highest BCUT2D eigenvalue weighted by Crippen LogP contribution is 2.27. The molecule has 0 radical (unpaired) electrons. The van der Waals surface area contributed by atoms with E-state index in [0.29, 0.717) is 16.3 Å². The number of urea groups is 1. The van der Waals surface area contributed by atoms with E-state index in [1.165, 1.54) is 7.05 Å². The fraction of sp³-hybridized carbons (Fsp3) is 0.250. The highest BCUT2D eigenvalue weighted by molar-refractivity contribution is 6.30. The number of carbonyl (C=O) groups is 3. The van der Waals surface area contributed by atoms with Gasteiger partial charge in [0.25, 0.3) is 5.91 Å². The summed E-state index contributed by atoms with van der Waals surface area (Å²) in [5.41, 5.74) is 1.97. The molecule has 0 bridgehead atoms. The molecule has 0 saturated heterocycles. The van der Waals surface area contributed by atoms with E-state index < -0.39 is 30.6 Å². The van der Waals surface area contributed by atoms with E-state index in [-0.39, 0.29) is 0 Å². The van der Waals surface area contributed by atoms with Gasteiger partial charge in [0.15, 0.2) is 6.61 Å². The number of rotatable bonds is 6. The summed E-state index contributed by atoms with van der Waals surface area (Å²) in [4.78, 5) is 36.1. The van der Waals surface area contributed by atoms with Gasteiger partial charge in [0, 0.05) is 17.6 Å². The van der Waals surface area contributed by atoms with Crippen molar-refractivity contribution in [3.63, 3.8) is 0 Å². The molecule has 2 aromatic carbocycles. The van der Waals surface area contributed by atoms with E-state index in [1.807, 2.05) is 13.8 Å². The minimum Gasteiger partial charge on any atom is -0.481 e. The van der Waals surface area contributed by atoms with Crippen molar-refractivity contribution in [1.82, 2.24) is 10.6 Å². The molecule has 0 spiro atoms. The Bertz CT molecular complexity index is 847. The van der Waals surface area contributed by atoms with E-state index in [4.69, 9.17) is 21.1 Å². The van der Waals surface area contributed by atoms with E-state index in [2.05, 4.69) is 10.6 Å². The van der Waals surface area contributed by atoms with Gasteiger partial charge in [0.1, 0.15) is 5.75 Å². The molecule has 0 heterocycles. The first-order valence-corrected chi connectivity index (χ1v) is 8.86. The topological polar surface area (TPSA) is 93.7 Å². The maximum Gasteiger partial charge on any atom is 0.345 e. The molecule has 0 aliphatic heterocycles. The van der Waals surface area contributed by atoms with Gasteiger partial charge in [-0.1, -0.05) is 41.9 Å². The van der Waals surface area contributed by atoms with E-state index in [1.54, 1.807) is 42.5 Å². The summed E-state index contributed by atoms with van der Waals surface area (Å²) in [6.45, 7) is 3.21. The van der Waals surface area contributed by atoms with Crippen LogP contribution in [0.1, 0.15) is 22.8 Å². The van der Waals surface area contributed by atoms with Crippen LogP contribution in [0.2, 0.25) is 5.02 Å². The quantitative estimate of drug-likeness (QED) is 0.721. The van der Waals surface area contributed by atoms with Crippen LogP contribution in [0.3, 0.4) is 0 Å². The Morgan fingerprint density at radius 2 is 1.68 bits per heavy atom. The van der Waals surface area contributed by atoms with E-state index in [9.17, 15) is 14.4 Å². The van der Waals surface area contributed by atoms with Gasteiger partial charge in [0.05, 0.1) is 0 Å². The fourth-order valence-electron chi connectivity index (χ4n) is 2.56. The van der Waals surface area contributed by atoms with Gasteiger partial charge in [-0.25, -0.2) is 9.59 Å². The average molecular weight is 405 g/mol. The van der Waals surface area contributed by atoms with E-state index in [0.717, 1.165) is 11.1 Å². The van der Waals surface area contributed by atoms with Gasteiger partial charge in [-0.3, -0.25) is 10.1 Å². The summed E-state index contributed by atoms with van der Waals surface area (Å²) in [5, 5.41) is 4.95. The maximum absolute atomic E-state index is 12.4. The van der Waals surface area contributed by atoms with Crippen LogP contribution in [0.25, 0.3) is 0 Å². The predicted molar refractivity (Wildman–Crippen MR) is 104 cm³/mol. The van der Waals surface area contributed by atoms with Crippen molar-refractivity contribution in [3.8, 4) is 5.75 Å². The molecule has 1 atom stereocenters. The molecule has 8 heteroatoms. The number of imide groups is 1. The highest BCUT2D eigenvalue weighted by atomic mass is 35.5. The summed E-state index contributed by atoms with van der Waals surface area (Å²) in [6, 6.07) is 11.1. The number of hydrogen-bond donors (Lipinski definition) is 2. The second kappa shape index (κ2) is 9.75. The number of benzene rings is 2. The molecule has 2 aromatic rings. The molecule has 0 aliphatic rings. The van der Waals surface area contributed by atoms with Gasteiger partial charge < -0.3 is 14.8 Å². The molecule has 7 nitrogen and oxygen atoms in total. The second-order valence-corrected chi connectivity index (χ2v) is 6.44. The third-order valence-electron chi connectivity index (χ3n) is 3.81. The van der Waals surface area contributed by atoms with Crippen molar-refractivity contribution in [3.05, 3.63) is 64.2 Å². The highest BCUT2D eigenvalue weighted by Gasteiger charge is 2.26. The van der Waals surface area contributed by atoms with Crippen molar-refractivity contribution in [2.24, 2.45) is 0 Å². The molecule has 0 aromatic heterocycles. The SMILES string of the molecule is CNC(=O)NC(=O)[C@@H](OC(=O)COc1c(C)cc(Cl)cc1C)c1ccccc1. The number of ether oxygens (including phenoxy) is 2. The first-order chi connectivity index (χ1) is 13.3. The number of halogens is 1. The zero-order chi connectivity index (χ0) is 20.7. The minimum atomic E-state index is -1.29. The standard InChI is InChI=1S/C20H21ClN2O5/c1-12-9-15(21)10-13(2)17(12)27-11-16(24)28-18(14-7-5-4-6-8-14)19(25)23-20(26)22-3/h4-10,18H,11H2,1-3H3,(H2,22,23,25,26)/t18-/m0/s1. The number of carbonyl (C=O) groups excluding carboxylic acids is 3. The van der Waals surface area contributed by atoms with Gasteiger partial charge >= 0.3 is 12.0 Å². The van der Waals surface area contributed by atoms with Crippen LogP contribution >= 0.6 is 11.6 Å². The third-order valence-corrected chi connectivity index (χ3v) is 4.03. The number of hydrogen-bond acceptors (Lipinski definition) is 5. The average Bonchev–Trinajstić information content (AvgIpc) is 2.65. The van der Waals surface area contributed by atoms with Crippen molar-refractivity contribution < 1.29 is 23.9 Å². The normalized spacial score (nSPS) is 11.3. The maximum atomic E-state index is 12.4. The molecule has 0 fully saturated rings. The lowest BCUT2D eigenvalue weighted by Gasteiger charge is -2.18. The smallest absolute Gasteiger partial charge is 0.345 e. The van der Waals surface area contributed by atoms with Crippen LogP contribution in [0.5, 0.6) is 5.75 Å². The molecule has 0 saturated carbocycles. The van der Waals surface area contributed by atoms with Gasteiger partial charge in [0.2, 0.25) is 6.10 Å². The van der Waals surface area contributed by atoms with Crippen LogP contribution in [-0.2, 0) is 14.3 Å². The van der Waals surface area contributed by atoms with Crippen LogP contribution in [0, 0.1) is 13.8 Å². The minimum absolute atomic E-state index is 0.403. The Labute approximate surface area is 168 Å². The van der Waals surface area contributed by atoms with Gasteiger partial charge in [-0.15, -0.1) is 0 Å². The van der Waals surface area contributed by atoms with Crippen LogP contribution in [-0.4, -0.2) is 31.6 Å². The fourth-order valence-corrected chi connectivity index (χ4v) is 2.89. The van der Waals surface area contributed by atoms with Crippen LogP contribution in [0.15, 0.2) is 42.5 Å². The summed E-state index contributed by atoms with van der Waals surface area (Å²) in [6.07, 6.45) is -1.29. The van der Waals surface area contributed by atoms with Crippen LogP contribution < -0.4 is 15.4 Å². The summed E-state index contributed by atoms with van der Waals surface area (Å²) in [5.74, 6) is -1.00. The number of amides is 3. The predicted octanol–water partition coefficient (Wildman–Crippen LogP) is 3.08. The summed E-state index contributed by atoms with van der Waals surface area (Å²) < 4.78 is 10.8. The third kappa shape index (κ3) is 5.72. The molecule has 0 unspecified atom stereocenters. The molecule has 28 heavy (non-hydrogen) atoms. The molecule has 0 aliphatic carbocycles. The van der Waals surface area contributed by atoms with E-state index >= 15 is 0 Å². The first kappa shape index (κ1) is 21.2. The second-order valence-electron chi connectivity index (χ2n) is 6.01. The molecular formula is C20H21ClN2O5. The Kier molecular flexibility index (Phi) is 7.40. The van der Waals surface area contributed by atoms with Crippen molar-refractivity contribution in [2.75, 3.05) is 13.7 Å². The Hall–Kier alpha value is -3.06. The van der Waals surface area contributed by atoms with Gasteiger partial charge in [-0.2, -0.15) is 0 Å². The summed E-state index contributed by atoms with van der Waals surface area (Å²) in [7, 11) is 1.37. The number of aryl methyl sites for hydroxylation is 2. The lowest BCUT2D eigenvalue weighted by atomic mass is 10.1. The molecule has 2 rings (SSSR count).